The summed E-state index contributed by atoms with van der Waals surface area (Å²) in [6.07, 6.45) is 2.18. The van der Waals surface area contributed by atoms with Gasteiger partial charge in [0.25, 0.3) is 0 Å². The number of carbonyl (C=O) groups is 1. The Labute approximate surface area is 208 Å². The molecule has 0 radical (unpaired) electrons. The molecule has 7 heteroatoms. The number of halogens is 1. The zero-order valence-corrected chi connectivity index (χ0v) is 19.7. The number of rotatable bonds is 5. The van der Waals surface area contributed by atoms with Gasteiger partial charge in [-0.05, 0) is 48.2 Å². The Hall–Kier alpha value is -3.90. The molecule has 1 aromatic heterocycles. The van der Waals surface area contributed by atoms with E-state index in [2.05, 4.69) is 5.32 Å². The third-order valence-electron chi connectivity index (χ3n) is 6.43. The maximum atomic E-state index is 13.1. The van der Waals surface area contributed by atoms with E-state index in [1.54, 1.807) is 4.68 Å². The highest BCUT2D eigenvalue weighted by molar-refractivity contribution is 6.33. The predicted molar refractivity (Wildman–Crippen MR) is 135 cm³/mol. The lowest BCUT2D eigenvalue weighted by molar-refractivity contribution is -0.116. The highest BCUT2D eigenvalue weighted by Gasteiger charge is 2.37. The molecule has 0 fully saturated rings. The molecule has 6 nitrogen and oxygen atoms in total. The lowest BCUT2D eigenvalue weighted by Crippen LogP contribution is -2.31. The van der Waals surface area contributed by atoms with Crippen LogP contribution in [0, 0.1) is 0 Å². The van der Waals surface area contributed by atoms with Crippen LogP contribution in [0.4, 0.5) is 5.95 Å². The minimum Gasteiger partial charge on any atom is -0.489 e. The lowest BCUT2D eigenvalue weighted by Gasteiger charge is -2.32. The van der Waals surface area contributed by atoms with Crippen LogP contribution in [0.1, 0.15) is 36.4 Å². The number of aromatic nitrogens is 3. The first kappa shape index (κ1) is 21.6. The van der Waals surface area contributed by atoms with Crippen LogP contribution in [0.5, 0.6) is 5.75 Å². The van der Waals surface area contributed by atoms with Crippen molar-refractivity contribution in [2.45, 2.75) is 31.9 Å². The average Bonchev–Trinajstić information content (AvgIpc) is 3.31. The Kier molecular flexibility index (Phi) is 5.58. The van der Waals surface area contributed by atoms with E-state index in [9.17, 15) is 4.79 Å². The molecule has 35 heavy (non-hydrogen) atoms. The van der Waals surface area contributed by atoms with Crippen LogP contribution in [-0.4, -0.2) is 20.5 Å². The monoisotopic (exact) mass is 482 g/mol. The number of Topliss-reactive ketones (excluding diaryl/α,β-unsaturated/α-hetero) is 1. The van der Waals surface area contributed by atoms with Crippen molar-refractivity contribution in [2.24, 2.45) is 0 Å². The molecule has 0 saturated heterocycles. The fourth-order valence-electron chi connectivity index (χ4n) is 4.71. The zero-order valence-electron chi connectivity index (χ0n) is 18.9. The molecule has 0 spiro atoms. The molecule has 174 valence electrons. The second-order valence-corrected chi connectivity index (χ2v) is 9.13. The number of ketones is 1. The lowest BCUT2D eigenvalue weighted by atomic mass is 9.85. The highest BCUT2D eigenvalue weighted by atomic mass is 35.5. The van der Waals surface area contributed by atoms with Crippen molar-refractivity contribution in [3.05, 3.63) is 106 Å². The van der Waals surface area contributed by atoms with Crippen LogP contribution in [0.25, 0.3) is 11.4 Å². The van der Waals surface area contributed by atoms with Crippen LogP contribution in [-0.2, 0) is 11.4 Å². The van der Waals surface area contributed by atoms with Crippen molar-refractivity contribution in [2.75, 3.05) is 5.32 Å². The number of fused-ring (bicyclic) bond motifs is 1. The number of nitrogens with one attached hydrogen (secondary N) is 1. The fourth-order valence-corrected chi connectivity index (χ4v) is 4.93. The minimum absolute atomic E-state index is 0.147. The van der Waals surface area contributed by atoms with Crippen LogP contribution >= 0.6 is 11.6 Å². The van der Waals surface area contributed by atoms with Crippen molar-refractivity contribution in [1.82, 2.24) is 14.8 Å². The van der Waals surface area contributed by atoms with Crippen LogP contribution in [0.15, 0.2) is 90.1 Å². The average molecular weight is 483 g/mol. The smallest absolute Gasteiger partial charge is 0.226 e. The summed E-state index contributed by atoms with van der Waals surface area (Å²) in [6, 6.07) is 25.1. The molecule has 1 aliphatic carbocycles. The summed E-state index contributed by atoms with van der Waals surface area (Å²) in [7, 11) is 0. The van der Waals surface area contributed by atoms with Gasteiger partial charge in [0.1, 0.15) is 18.4 Å². The van der Waals surface area contributed by atoms with E-state index in [0.29, 0.717) is 29.8 Å². The number of benzene rings is 3. The van der Waals surface area contributed by atoms with Gasteiger partial charge in [0.2, 0.25) is 5.95 Å². The Morgan fingerprint density at radius 1 is 0.971 bits per heavy atom. The molecule has 0 amide bonds. The van der Waals surface area contributed by atoms with Crippen molar-refractivity contribution in [3.63, 3.8) is 0 Å². The number of anilines is 1. The molecule has 2 heterocycles. The summed E-state index contributed by atoms with van der Waals surface area (Å²) < 4.78 is 7.77. The number of allylic oxidation sites excluding steroid dienone is 2. The Morgan fingerprint density at radius 2 is 1.74 bits per heavy atom. The topological polar surface area (TPSA) is 69.0 Å². The molecule has 0 saturated carbocycles. The molecular formula is C28H23ClN4O2. The number of ether oxygens (including phenoxy) is 1. The highest BCUT2D eigenvalue weighted by Crippen LogP contribution is 2.41. The molecular weight excluding hydrogens is 460 g/mol. The molecule has 2 aliphatic rings. The third kappa shape index (κ3) is 4.10. The molecule has 3 aromatic carbocycles. The second kappa shape index (κ2) is 9.04. The first-order valence-corrected chi connectivity index (χ1v) is 12.1. The molecule has 1 aliphatic heterocycles. The van der Waals surface area contributed by atoms with E-state index in [0.717, 1.165) is 46.6 Å². The van der Waals surface area contributed by atoms with Gasteiger partial charge in [0.15, 0.2) is 11.6 Å². The van der Waals surface area contributed by atoms with Crippen molar-refractivity contribution in [1.29, 1.82) is 0 Å². The van der Waals surface area contributed by atoms with Crippen molar-refractivity contribution >= 4 is 23.3 Å². The van der Waals surface area contributed by atoms with Gasteiger partial charge in [-0.3, -0.25) is 4.79 Å². The molecule has 6 rings (SSSR count). The van der Waals surface area contributed by atoms with Crippen molar-refractivity contribution < 1.29 is 9.53 Å². The number of carbonyl (C=O) groups excluding carboxylic acids is 1. The molecule has 1 N–H and O–H groups in total. The summed E-state index contributed by atoms with van der Waals surface area (Å²) in [6.45, 7) is 0.496. The first-order chi connectivity index (χ1) is 17.2. The van der Waals surface area contributed by atoms with Gasteiger partial charge >= 0.3 is 0 Å². The van der Waals surface area contributed by atoms with E-state index < -0.39 is 0 Å². The standard InChI is InChI=1S/C28H23ClN4O2/c29-22-10-5-4-9-21(22)27-31-28-30-23-11-6-12-24(34)25(23)26(33(28)32-27)19-13-15-20(16-14-19)35-17-18-7-2-1-3-8-18/h1-5,7-10,13-16,26H,6,11-12,17H2,(H,30,31,32)/t26-/m1/s1. The van der Waals surface area contributed by atoms with E-state index in [1.165, 1.54) is 0 Å². The van der Waals surface area contributed by atoms with Gasteiger partial charge in [0.05, 0.1) is 5.02 Å². The Morgan fingerprint density at radius 3 is 2.54 bits per heavy atom. The van der Waals surface area contributed by atoms with Crippen LogP contribution in [0.2, 0.25) is 5.02 Å². The van der Waals surface area contributed by atoms with E-state index >= 15 is 0 Å². The third-order valence-corrected chi connectivity index (χ3v) is 6.76. The summed E-state index contributed by atoms with van der Waals surface area (Å²) in [5, 5.41) is 8.76. The van der Waals surface area contributed by atoms with Gasteiger partial charge in [-0.25, -0.2) is 4.68 Å². The van der Waals surface area contributed by atoms with Crippen LogP contribution < -0.4 is 10.1 Å². The Bertz CT molecular complexity index is 1430. The largest absolute Gasteiger partial charge is 0.489 e. The number of nitrogens with zero attached hydrogens (tertiary/aromatic N) is 3. The van der Waals surface area contributed by atoms with E-state index in [4.69, 9.17) is 26.4 Å². The summed E-state index contributed by atoms with van der Waals surface area (Å²) >= 11 is 6.42. The van der Waals surface area contributed by atoms with Gasteiger partial charge in [-0.15, -0.1) is 5.10 Å². The van der Waals surface area contributed by atoms with Gasteiger partial charge in [-0.1, -0.05) is 66.2 Å². The summed E-state index contributed by atoms with van der Waals surface area (Å²) in [5.74, 6) is 2.06. The molecule has 4 aromatic rings. The normalized spacial score (nSPS) is 16.9. The van der Waals surface area contributed by atoms with Crippen molar-refractivity contribution in [3.8, 4) is 17.1 Å². The maximum Gasteiger partial charge on any atom is 0.226 e. The summed E-state index contributed by atoms with van der Waals surface area (Å²) in [4.78, 5) is 17.8. The van der Waals surface area contributed by atoms with Crippen LogP contribution in [0.3, 0.4) is 0 Å². The predicted octanol–water partition coefficient (Wildman–Crippen LogP) is 6.20. The first-order valence-electron chi connectivity index (χ1n) is 11.7. The SMILES string of the molecule is O=C1CCCC2=C1[C@@H](c1ccc(OCc3ccccc3)cc1)n1nc(-c3ccccc3Cl)nc1N2. The Balaban J connectivity index is 1.36. The van der Waals surface area contributed by atoms with E-state index in [1.807, 2.05) is 78.9 Å². The van der Waals surface area contributed by atoms with Gasteiger partial charge in [0, 0.05) is 23.3 Å². The maximum absolute atomic E-state index is 13.1. The number of hydrogen-bond donors (Lipinski definition) is 1. The minimum atomic E-state index is -0.360. The summed E-state index contributed by atoms with van der Waals surface area (Å²) in [5.41, 5.74) is 4.51. The number of hydrogen-bond acceptors (Lipinski definition) is 5. The molecule has 0 bridgehead atoms. The zero-order chi connectivity index (χ0) is 23.8. The van der Waals surface area contributed by atoms with E-state index in [-0.39, 0.29) is 11.8 Å². The van der Waals surface area contributed by atoms with Gasteiger partial charge < -0.3 is 10.1 Å². The van der Waals surface area contributed by atoms with Gasteiger partial charge in [-0.2, -0.15) is 4.98 Å². The molecule has 1 atom stereocenters. The molecule has 0 unspecified atom stereocenters. The fraction of sp³-hybridized carbons (Fsp3) is 0.179. The second-order valence-electron chi connectivity index (χ2n) is 8.72. The quantitative estimate of drug-likeness (QED) is 0.367.